The first-order chi connectivity index (χ1) is 5.75. The largest absolute Gasteiger partial charge is 0.385 e. The first-order valence-electron chi connectivity index (χ1n) is 4.34. The van der Waals surface area contributed by atoms with Crippen molar-refractivity contribution < 1.29 is 9.90 Å². The molecule has 0 aromatic rings. The van der Waals surface area contributed by atoms with Crippen LogP contribution in [0.4, 0.5) is 0 Å². The van der Waals surface area contributed by atoms with E-state index in [9.17, 15) is 9.90 Å². The number of aliphatic hydroxyl groups is 1. The Morgan fingerprint density at radius 1 is 1.83 bits per heavy atom. The molecular formula is C8H15N2O2. The van der Waals surface area contributed by atoms with Gasteiger partial charge in [0.25, 0.3) is 0 Å². The molecule has 4 heteroatoms. The Labute approximate surface area is 72.3 Å². The molecule has 1 radical (unpaired) electrons. The summed E-state index contributed by atoms with van der Waals surface area (Å²) >= 11 is 0. The summed E-state index contributed by atoms with van der Waals surface area (Å²) in [6.45, 7) is 3.88. The molecule has 1 rings (SSSR count). The van der Waals surface area contributed by atoms with Gasteiger partial charge in [-0.05, 0) is 6.42 Å². The zero-order valence-corrected chi connectivity index (χ0v) is 7.29. The standard InChI is InChI=1S/C8H15N2O2/c1-2-7(11)8(12)6-5-9-3-4-10-6/h6-7,9,11H,2-5H2,1H3. The molecule has 0 amide bonds. The number of ketones is 1. The van der Waals surface area contributed by atoms with Crippen LogP contribution in [0.5, 0.6) is 0 Å². The van der Waals surface area contributed by atoms with Gasteiger partial charge in [0, 0.05) is 19.6 Å². The summed E-state index contributed by atoms with van der Waals surface area (Å²) < 4.78 is 0. The van der Waals surface area contributed by atoms with E-state index in [4.69, 9.17) is 0 Å². The van der Waals surface area contributed by atoms with Gasteiger partial charge in [-0.2, -0.15) is 0 Å². The van der Waals surface area contributed by atoms with Gasteiger partial charge in [0.2, 0.25) is 0 Å². The van der Waals surface area contributed by atoms with Crippen LogP contribution in [0.2, 0.25) is 0 Å². The molecule has 2 atom stereocenters. The molecule has 0 spiro atoms. The fraction of sp³-hybridized carbons (Fsp3) is 0.875. The zero-order valence-electron chi connectivity index (χ0n) is 7.29. The van der Waals surface area contributed by atoms with E-state index in [0.29, 0.717) is 19.5 Å². The predicted octanol–water partition coefficient (Wildman–Crippen LogP) is -1.10. The van der Waals surface area contributed by atoms with Gasteiger partial charge in [-0.15, -0.1) is 0 Å². The third-order valence-electron chi connectivity index (χ3n) is 2.02. The first kappa shape index (κ1) is 9.64. The molecular weight excluding hydrogens is 156 g/mol. The number of aliphatic hydroxyl groups excluding tert-OH is 1. The van der Waals surface area contributed by atoms with Crippen LogP contribution >= 0.6 is 0 Å². The summed E-state index contributed by atoms with van der Waals surface area (Å²) in [5, 5.41) is 16.4. The van der Waals surface area contributed by atoms with Crippen LogP contribution in [0, 0.1) is 0 Å². The van der Waals surface area contributed by atoms with Gasteiger partial charge in [0.05, 0.1) is 6.04 Å². The Hall–Kier alpha value is -0.450. The molecule has 69 valence electrons. The van der Waals surface area contributed by atoms with Crippen molar-refractivity contribution in [3.8, 4) is 0 Å². The van der Waals surface area contributed by atoms with Crippen molar-refractivity contribution in [2.75, 3.05) is 19.6 Å². The summed E-state index contributed by atoms with van der Waals surface area (Å²) in [6.07, 6.45) is -0.358. The number of nitrogens with zero attached hydrogens (tertiary/aromatic N) is 1. The molecule has 0 aromatic heterocycles. The number of rotatable bonds is 3. The molecule has 1 fully saturated rings. The molecule has 0 bridgehead atoms. The van der Waals surface area contributed by atoms with Crippen LogP contribution in [-0.4, -0.2) is 42.7 Å². The zero-order chi connectivity index (χ0) is 8.97. The summed E-state index contributed by atoms with van der Waals surface area (Å²) in [7, 11) is 0. The molecule has 2 unspecified atom stereocenters. The molecule has 1 saturated heterocycles. The van der Waals surface area contributed by atoms with Crippen LogP contribution in [0.3, 0.4) is 0 Å². The van der Waals surface area contributed by atoms with Crippen LogP contribution < -0.4 is 10.6 Å². The molecule has 1 aliphatic rings. The first-order valence-corrected chi connectivity index (χ1v) is 4.34. The van der Waals surface area contributed by atoms with Crippen molar-refractivity contribution in [3.05, 3.63) is 0 Å². The lowest BCUT2D eigenvalue weighted by Crippen LogP contribution is -2.51. The maximum Gasteiger partial charge on any atom is 0.180 e. The van der Waals surface area contributed by atoms with Crippen molar-refractivity contribution in [3.63, 3.8) is 0 Å². The minimum absolute atomic E-state index is 0.148. The quantitative estimate of drug-likeness (QED) is 0.566. The average molecular weight is 171 g/mol. The monoisotopic (exact) mass is 171 g/mol. The van der Waals surface area contributed by atoms with E-state index in [1.165, 1.54) is 0 Å². The smallest absolute Gasteiger partial charge is 0.180 e. The topological polar surface area (TPSA) is 63.4 Å². The SMILES string of the molecule is CCC(O)C(=O)C1CNCC[N]1. The second kappa shape index (κ2) is 4.54. The maximum absolute atomic E-state index is 11.3. The third-order valence-corrected chi connectivity index (χ3v) is 2.02. The molecule has 1 heterocycles. The van der Waals surface area contributed by atoms with E-state index >= 15 is 0 Å². The number of nitrogens with one attached hydrogen (secondary N) is 1. The number of carbonyl (C=O) groups is 1. The molecule has 12 heavy (non-hydrogen) atoms. The van der Waals surface area contributed by atoms with Crippen LogP contribution in [0.25, 0.3) is 0 Å². The highest BCUT2D eigenvalue weighted by atomic mass is 16.3. The average Bonchev–Trinajstić information content (AvgIpc) is 2.17. The maximum atomic E-state index is 11.3. The number of Topliss-reactive ketones (excluding diaryl/α,β-unsaturated/α-hetero) is 1. The van der Waals surface area contributed by atoms with Gasteiger partial charge in [-0.3, -0.25) is 4.79 Å². The predicted molar refractivity (Wildman–Crippen MR) is 45.0 cm³/mol. The van der Waals surface area contributed by atoms with E-state index in [1.54, 1.807) is 6.92 Å². The molecule has 4 nitrogen and oxygen atoms in total. The number of hydrogen-bond donors (Lipinski definition) is 2. The van der Waals surface area contributed by atoms with E-state index in [1.807, 2.05) is 0 Å². The molecule has 0 aromatic carbocycles. The van der Waals surface area contributed by atoms with Crippen molar-refractivity contribution in [1.29, 1.82) is 0 Å². The van der Waals surface area contributed by atoms with Gasteiger partial charge < -0.3 is 10.4 Å². The highest BCUT2D eigenvalue weighted by Gasteiger charge is 2.25. The molecule has 1 aliphatic heterocycles. The Kier molecular flexibility index (Phi) is 3.65. The number of hydrogen-bond acceptors (Lipinski definition) is 3. The molecule has 2 N–H and O–H groups in total. The minimum Gasteiger partial charge on any atom is -0.385 e. The Morgan fingerprint density at radius 3 is 3.08 bits per heavy atom. The summed E-state index contributed by atoms with van der Waals surface area (Å²) in [6, 6.07) is -0.325. The van der Waals surface area contributed by atoms with Crippen molar-refractivity contribution in [2.24, 2.45) is 0 Å². The van der Waals surface area contributed by atoms with Gasteiger partial charge in [0.15, 0.2) is 5.78 Å². The minimum atomic E-state index is -0.835. The van der Waals surface area contributed by atoms with Crippen molar-refractivity contribution >= 4 is 5.78 Å². The van der Waals surface area contributed by atoms with E-state index in [2.05, 4.69) is 10.6 Å². The van der Waals surface area contributed by atoms with E-state index < -0.39 is 6.10 Å². The van der Waals surface area contributed by atoms with Crippen LogP contribution in [0.1, 0.15) is 13.3 Å². The fourth-order valence-electron chi connectivity index (χ4n) is 1.22. The van der Waals surface area contributed by atoms with Gasteiger partial charge in [0.1, 0.15) is 6.10 Å². The Balaban J connectivity index is 2.39. The second-order valence-corrected chi connectivity index (χ2v) is 2.95. The van der Waals surface area contributed by atoms with E-state index in [0.717, 1.165) is 6.54 Å². The number of piperazine rings is 1. The number of carbonyl (C=O) groups excluding carboxylic acids is 1. The summed E-state index contributed by atoms with van der Waals surface area (Å²) in [5.41, 5.74) is 0. The second-order valence-electron chi connectivity index (χ2n) is 2.95. The van der Waals surface area contributed by atoms with Gasteiger partial charge in [-0.25, -0.2) is 5.32 Å². The van der Waals surface area contributed by atoms with Gasteiger partial charge in [-0.1, -0.05) is 6.92 Å². The molecule has 0 aliphatic carbocycles. The summed E-state index contributed by atoms with van der Waals surface area (Å²) in [4.78, 5) is 11.3. The van der Waals surface area contributed by atoms with Crippen LogP contribution in [-0.2, 0) is 4.79 Å². The highest BCUT2D eigenvalue weighted by Crippen LogP contribution is 1.99. The Bertz CT molecular complexity index is 155. The van der Waals surface area contributed by atoms with Crippen molar-refractivity contribution in [2.45, 2.75) is 25.5 Å². The summed E-state index contributed by atoms with van der Waals surface area (Å²) in [5.74, 6) is -0.148. The lowest BCUT2D eigenvalue weighted by atomic mass is 10.0. The third kappa shape index (κ3) is 2.27. The molecule has 0 saturated carbocycles. The normalized spacial score (nSPS) is 26.7. The van der Waals surface area contributed by atoms with Gasteiger partial charge >= 0.3 is 0 Å². The lowest BCUT2D eigenvalue weighted by Gasteiger charge is -2.23. The van der Waals surface area contributed by atoms with Crippen LogP contribution in [0.15, 0.2) is 0 Å². The lowest BCUT2D eigenvalue weighted by molar-refractivity contribution is -0.129. The Morgan fingerprint density at radius 2 is 2.58 bits per heavy atom. The fourth-order valence-corrected chi connectivity index (χ4v) is 1.22. The van der Waals surface area contributed by atoms with E-state index in [-0.39, 0.29) is 11.8 Å². The highest BCUT2D eigenvalue weighted by molar-refractivity contribution is 5.88. The van der Waals surface area contributed by atoms with Crippen molar-refractivity contribution in [1.82, 2.24) is 10.6 Å².